The van der Waals surface area contributed by atoms with Gasteiger partial charge in [-0.1, -0.05) is 50.6 Å². The van der Waals surface area contributed by atoms with Crippen LogP contribution in [0.1, 0.15) is 50.1 Å². The van der Waals surface area contributed by atoms with Gasteiger partial charge in [0.2, 0.25) is 29.5 Å². The van der Waals surface area contributed by atoms with Crippen LogP contribution in [0.4, 0.5) is 10.1 Å². The molecule has 6 rings (SSSR count). The number of aromatic nitrogens is 1. The van der Waals surface area contributed by atoms with E-state index in [0.717, 1.165) is 16.8 Å². The molecule has 0 bridgehead atoms. The monoisotopic (exact) mass is 701 g/mol. The van der Waals surface area contributed by atoms with Crippen molar-refractivity contribution in [3.05, 3.63) is 71.3 Å². The highest BCUT2D eigenvalue weighted by Crippen LogP contribution is 2.39. The zero-order chi connectivity index (χ0) is 35.9. The molecule has 3 aliphatic rings. The van der Waals surface area contributed by atoms with Gasteiger partial charge in [0.05, 0.1) is 37.8 Å². The Kier molecular flexibility index (Phi) is 11.5. The second-order valence-electron chi connectivity index (χ2n) is 13.1. The third-order valence-corrected chi connectivity index (χ3v) is 9.72. The third-order valence-electron chi connectivity index (χ3n) is 9.72. The van der Waals surface area contributed by atoms with Gasteiger partial charge >= 0.3 is 0 Å². The minimum atomic E-state index is -0.961. The second-order valence-corrected chi connectivity index (χ2v) is 13.1. The van der Waals surface area contributed by atoms with Crippen molar-refractivity contribution in [1.29, 1.82) is 0 Å². The van der Waals surface area contributed by atoms with Crippen LogP contribution < -0.4 is 15.5 Å². The van der Waals surface area contributed by atoms with Gasteiger partial charge in [-0.05, 0) is 54.5 Å². The van der Waals surface area contributed by atoms with E-state index in [0.29, 0.717) is 49.0 Å². The number of fused-ring (bicyclic) bond motifs is 1. The van der Waals surface area contributed by atoms with Gasteiger partial charge in [0.15, 0.2) is 5.58 Å². The minimum absolute atomic E-state index is 0.0611. The highest BCUT2D eigenvalue weighted by molar-refractivity contribution is 6.08. The normalized spacial score (nSPS) is 19.0. The Balaban J connectivity index is 1.23. The van der Waals surface area contributed by atoms with Gasteiger partial charge in [-0.2, -0.15) is 10.2 Å². The first kappa shape index (κ1) is 35.8. The Morgan fingerprint density at radius 2 is 1.96 bits per heavy atom. The summed E-state index contributed by atoms with van der Waals surface area (Å²) in [6, 6.07) is 10.3. The maximum atomic E-state index is 14.4. The van der Waals surface area contributed by atoms with Crippen LogP contribution in [0.25, 0.3) is 11.1 Å². The minimum Gasteiger partial charge on any atom is -0.440 e. The number of rotatable bonds is 16. The Labute approximate surface area is 295 Å². The summed E-state index contributed by atoms with van der Waals surface area (Å²) in [6.07, 6.45) is 3.59. The molecule has 2 aromatic carbocycles. The molecule has 0 unspecified atom stereocenters. The number of para-hydroxylation sites is 3. The molecule has 51 heavy (non-hydrogen) atoms. The molecule has 4 atom stereocenters. The topological polar surface area (TPSA) is 159 Å². The van der Waals surface area contributed by atoms with E-state index in [9.17, 15) is 23.6 Å². The van der Waals surface area contributed by atoms with Gasteiger partial charge in [0.1, 0.15) is 30.1 Å². The molecule has 4 amide bonds. The van der Waals surface area contributed by atoms with Crippen LogP contribution in [0.15, 0.2) is 68.9 Å². The van der Waals surface area contributed by atoms with Crippen LogP contribution >= 0.6 is 0 Å². The zero-order valence-electron chi connectivity index (χ0n) is 29.0. The smallest absolute Gasteiger partial charge is 0.250 e. The van der Waals surface area contributed by atoms with Gasteiger partial charge in [0.25, 0.3) is 0 Å². The maximum Gasteiger partial charge on any atom is 0.250 e. The summed E-state index contributed by atoms with van der Waals surface area (Å²) >= 11 is 0. The molecule has 2 N–H and O–H groups in total. The van der Waals surface area contributed by atoms with Gasteiger partial charge in [-0.3, -0.25) is 28.5 Å². The van der Waals surface area contributed by atoms with Crippen molar-refractivity contribution in [2.24, 2.45) is 16.1 Å². The number of carbonyl (C=O) groups excluding carboxylic acids is 4. The van der Waals surface area contributed by atoms with E-state index in [2.05, 4.69) is 25.8 Å². The molecule has 13 nitrogen and oxygen atoms in total. The van der Waals surface area contributed by atoms with Gasteiger partial charge in [-0.25, -0.2) is 4.98 Å². The first-order valence-electron chi connectivity index (χ1n) is 17.6. The predicted octanol–water partition coefficient (Wildman–Crippen LogP) is 3.84. The average Bonchev–Trinajstić information content (AvgIpc) is 3.88. The number of azo groups is 1. The molecule has 270 valence electrons. The molecule has 1 aromatic heterocycles. The molecule has 3 aliphatic heterocycles. The van der Waals surface area contributed by atoms with Gasteiger partial charge in [-0.15, -0.1) is 0 Å². The van der Waals surface area contributed by atoms with E-state index in [1.807, 2.05) is 50.3 Å². The largest absolute Gasteiger partial charge is 0.440 e. The molecule has 0 aliphatic carbocycles. The predicted molar refractivity (Wildman–Crippen MR) is 187 cm³/mol. The van der Waals surface area contributed by atoms with Crippen molar-refractivity contribution >= 4 is 40.4 Å². The summed E-state index contributed by atoms with van der Waals surface area (Å²) in [5.41, 5.74) is 4.37. The Morgan fingerprint density at radius 3 is 2.73 bits per heavy atom. The number of carbonyl (C=O) groups is 4. The van der Waals surface area contributed by atoms with Crippen molar-refractivity contribution < 1.29 is 32.7 Å². The summed E-state index contributed by atoms with van der Waals surface area (Å²) in [4.78, 5) is 63.8. The van der Waals surface area contributed by atoms with Crippen LogP contribution in [-0.2, 0) is 43.2 Å². The number of ether oxygens (including phenoxy) is 1. The fourth-order valence-corrected chi connectivity index (χ4v) is 6.95. The second kappa shape index (κ2) is 16.4. The summed E-state index contributed by atoms with van der Waals surface area (Å²) in [6.45, 7) is 4.28. The number of anilines is 1. The Bertz CT molecular complexity index is 1790. The van der Waals surface area contributed by atoms with Gasteiger partial charge in [0, 0.05) is 19.6 Å². The van der Waals surface area contributed by atoms with Crippen LogP contribution in [0.2, 0.25) is 0 Å². The molecule has 0 saturated heterocycles. The van der Waals surface area contributed by atoms with Crippen LogP contribution in [0.3, 0.4) is 0 Å². The highest BCUT2D eigenvalue weighted by atomic mass is 19.1. The van der Waals surface area contributed by atoms with Crippen molar-refractivity contribution in [1.82, 2.24) is 20.5 Å². The molecule has 3 aromatic rings. The molecule has 0 spiro atoms. The number of amides is 4. The van der Waals surface area contributed by atoms with Crippen molar-refractivity contribution in [2.45, 2.75) is 70.5 Å². The van der Waals surface area contributed by atoms with E-state index in [-0.39, 0.29) is 62.8 Å². The summed E-state index contributed by atoms with van der Waals surface area (Å²) in [5, 5.41) is 13.8. The number of alkyl halides is 1. The van der Waals surface area contributed by atoms with E-state index in [1.54, 1.807) is 12.1 Å². The van der Waals surface area contributed by atoms with Crippen molar-refractivity contribution in [2.75, 3.05) is 44.4 Å². The number of nitrogens with one attached hydrogen (secondary N) is 2. The third kappa shape index (κ3) is 8.01. The van der Waals surface area contributed by atoms with E-state index < -0.39 is 36.6 Å². The molecule has 4 heterocycles. The van der Waals surface area contributed by atoms with E-state index in [1.165, 1.54) is 9.80 Å². The summed E-state index contributed by atoms with van der Waals surface area (Å²) in [7, 11) is 0. The molecular weight excluding hydrogens is 657 g/mol. The average molecular weight is 702 g/mol. The zero-order valence-corrected chi connectivity index (χ0v) is 29.0. The lowest BCUT2D eigenvalue weighted by atomic mass is 9.95. The number of benzene rings is 2. The molecule has 14 heteroatoms. The van der Waals surface area contributed by atoms with Gasteiger partial charge < -0.3 is 24.7 Å². The lowest BCUT2D eigenvalue weighted by molar-refractivity contribution is -0.144. The number of aryl methyl sites for hydroxylation is 1. The van der Waals surface area contributed by atoms with Crippen molar-refractivity contribution in [3.63, 3.8) is 0 Å². The lowest BCUT2D eigenvalue weighted by Gasteiger charge is -2.35. The van der Waals surface area contributed by atoms with Crippen LogP contribution in [0, 0.1) is 5.92 Å². The fourth-order valence-electron chi connectivity index (χ4n) is 6.95. The standard InChI is InChI=1S/C37H44FN7O6/c1-3-23(2)33(44(17-19-50-18-7-15-38)32(46)21-31-41-27-10-4-5-11-30(27)51-31)36(48)42-28-13-12-24-8-6-9-25-20-29(45(34(24)25)37(28)49)35(47)39-22-26-14-16-40-43-26/h4-6,8-11,14,23,28-29,33H,3,7,12-13,15-22H2,1-2H3,(H,39,47)(H,42,48)/t23-,28-,29-,33-/m0/s1. The quantitative estimate of drug-likeness (QED) is 0.215. The maximum absolute atomic E-state index is 14.4. The van der Waals surface area contributed by atoms with E-state index >= 15 is 0 Å². The lowest BCUT2D eigenvalue weighted by Crippen LogP contribution is -2.59. The molecule has 0 saturated carbocycles. The first-order chi connectivity index (χ1) is 24.8. The van der Waals surface area contributed by atoms with Crippen molar-refractivity contribution in [3.8, 4) is 0 Å². The number of nitrogens with zero attached hydrogens (tertiary/aromatic N) is 5. The Morgan fingerprint density at radius 1 is 1.14 bits per heavy atom. The molecule has 0 radical (unpaired) electrons. The Hall–Kier alpha value is -4.98. The van der Waals surface area contributed by atoms with Crippen LogP contribution in [0.5, 0.6) is 0 Å². The first-order valence-corrected chi connectivity index (χ1v) is 17.6. The highest BCUT2D eigenvalue weighted by Gasteiger charge is 2.45. The number of hydrogen-bond donors (Lipinski definition) is 2. The number of oxazole rings is 1. The summed E-state index contributed by atoms with van der Waals surface area (Å²) in [5.74, 6) is -1.67. The summed E-state index contributed by atoms with van der Waals surface area (Å²) < 4.78 is 24.2. The molecule has 0 fully saturated rings. The van der Waals surface area contributed by atoms with Crippen LogP contribution in [-0.4, -0.2) is 91.2 Å². The molecular formula is C37H44FN7O6. The number of halogens is 1. The fraction of sp³-hybridized carbons (Fsp3) is 0.486. The number of hydrogen-bond acceptors (Lipinski definition) is 9. The van der Waals surface area contributed by atoms with E-state index in [4.69, 9.17) is 9.15 Å². The SMILES string of the molecule is CC[C@H](C)[C@@H](C(=O)N[C@H]1CCc2cccc3c2N(C1=O)[C@H](C(=O)NCC1=CCN=N1)C3)N(CCOCCCF)C(=O)Cc1nc2ccccc2o1.